The fourth-order valence-electron chi connectivity index (χ4n) is 3.70. The smallest absolute Gasteiger partial charge is 0.255 e. The second-order valence-electron chi connectivity index (χ2n) is 7.84. The number of benzene rings is 2. The maximum absolute atomic E-state index is 12.6. The third kappa shape index (κ3) is 4.20. The minimum absolute atomic E-state index is 0.156. The standard InChI is InChI=1S/C24H19ClN6O3/c1-12-21(13(2)34-31-12)29-23(33)14-3-6-17(7-4-14)27-24-26-11-15-9-20(32)28-19-10-16(25)5-8-18(19)22(15)30-24/h3-8,10-11H,9H2,1-2H3,(H,28,32)(H,29,33)(H,26,27,30). The Morgan fingerprint density at radius 3 is 2.68 bits per heavy atom. The van der Waals surface area contributed by atoms with Gasteiger partial charge in [0.1, 0.15) is 11.4 Å². The van der Waals surface area contributed by atoms with E-state index in [0.717, 1.165) is 11.1 Å². The van der Waals surface area contributed by atoms with Crippen LogP contribution in [0.25, 0.3) is 11.3 Å². The van der Waals surface area contributed by atoms with Crippen LogP contribution in [0.4, 0.5) is 23.0 Å². The van der Waals surface area contributed by atoms with Gasteiger partial charge in [0.05, 0.1) is 17.8 Å². The van der Waals surface area contributed by atoms with E-state index < -0.39 is 0 Å². The van der Waals surface area contributed by atoms with Crippen molar-refractivity contribution < 1.29 is 14.1 Å². The topological polar surface area (TPSA) is 122 Å². The van der Waals surface area contributed by atoms with E-state index in [4.69, 9.17) is 16.1 Å². The molecule has 2 aromatic heterocycles. The molecule has 0 bridgehead atoms. The molecule has 0 radical (unpaired) electrons. The summed E-state index contributed by atoms with van der Waals surface area (Å²) < 4.78 is 5.08. The molecule has 3 heterocycles. The first-order valence-corrected chi connectivity index (χ1v) is 10.8. The number of carbonyl (C=O) groups is 2. The van der Waals surface area contributed by atoms with Crippen LogP contribution in [-0.2, 0) is 11.2 Å². The lowest BCUT2D eigenvalue weighted by Gasteiger charge is -2.11. The highest BCUT2D eigenvalue weighted by Crippen LogP contribution is 2.35. The molecule has 10 heteroatoms. The van der Waals surface area contributed by atoms with E-state index in [1.807, 2.05) is 6.07 Å². The zero-order chi connectivity index (χ0) is 23.8. The van der Waals surface area contributed by atoms with Gasteiger partial charge in [-0.3, -0.25) is 9.59 Å². The summed E-state index contributed by atoms with van der Waals surface area (Å²) in [6.07, 6.45) is 1.80. The van der Waals surface area contributed by atoms with Crippen LogP contribution in [0.1, 0.15) is 27.4 Å². The third-order valence-corrected chi connectivity index (χ3v) is 5.64. The predicted molar refractivity (Wildman–Crippen MR) is 128 cm³/mol. The number of hydrogen-bond donors (Lipinski definition) is 3. The van der Waals surface area contributed by atoms with Crippen molar-refractivity contribution in [3.8, 4) is 11.3 Å². The van der Waals surface area contributed by atoms with Gasteiger partial charge in [-0.15, -0.1) is 0 Å². The lowest BCUT2D eigenvalue weighted by atomic mass is 10.1. The van der Waals surface area contributed by atoms with Crippen LogP contribution in [-0.4, -0.2) is 26.9 Å². The summed E-state index contributed by atoms with van der Waals surface area (Å²) in [6, 6.07) is 12.2. The third-order valence-electron chi connectivity index (χ3n) is 5.40. The van der Waals surface area contributed by atoms with Crippen LogP contribution in [0, 0.1) is 13.8 Å². The number of nitrogens with zero attached hydrogens (tertiary/aromatic N) is 3. The summed E-state index contributed by atoms with van der Waals surface area (Å²) in [5, 5.41) is 13.2. The molecule has 0 aliphatic carbocycles. The van der Waals surface area contributed by atoms with Crippen LogP contribution in [0.3, 0.4) is 0 Å². The molecule has 0 saturated heterocycles. The van der Waals surface area contributed by atoms with Crippen LogP contribution in [0.5, 0.6) is 0 Å². The highest BCUT2D eigenvalue weighted by molar-refractivity contribution is 6.31. The highest BCUT2D eigenvalue weighted by Gasteiger charge is 2.21. The normalized spacial score (nSPS) is 12.3. The first kappa shape index (κ1) is 21.6. The molecule has 0 unspecified atom stereocenters. The van der Waals surface area contributed by atoms with E-state index in [9.17, 15) is 9.59 Å². The van der Waals surface area contributed by atoms with E-state index in [0.29, 0.717) is 50.7 Å². The Hall–Kier alpha value is -4.24. The molecule has 0 spiro atoms. The maximum atomic E-state index is 12.6. The minimum Gasteiger partial charge on any atom is -0.359 e. The average molecular weight is 475 g/mol. The number of amides is 2. The monoisotopic (exact) mass is 474 g/mol. The van der Waals surface area contributed by atoms with Crippen LogP contribution in [0.15, 0.2) is 53.2 Å². The van der Waals surface area contributed by atoms with Gasteiger partial charge >= 0.3 is 0 Å². The number of rotatable bonds is 4. The quantitative estimate of drug-likeness (QED) is 0.384. The van der Waals surface area contributed by atoms with Crippen molar-refractivity contribution in [2.24, 2.45) is 0 Å². The largest absolute Gasteiger partial charge is 0.359 e. The van der Waals surface area contributed by atoms with Gasteiger partial charge in [-0.25, -0.2) is 9.97 Å². The van der Waals surface area contributed by atoms with E-state index in [1.54, 1.807) is 56.4 Å². The second-order valence-corrected chi connectivity index (χ2v) is 8.27. The zero-order valence-electron chi connectivity index (χ0n) is 18.3. The highest BCUT2D eigenvalue weighted by atomic mass is 35.5. The number of aryl methyl sites for hydroxylation is 2. The van der Waals surface area contributed by atoms with Gasteiger partial charge in [-0.1, -0.05) is 16.8 Å². The predicted octanol–water partition coefficient (Wildman–Crippen LogP) is 4.89. The fourth-order valence-corrected chi connectivity index (χ4v) is 3.88. The first-order chi connectivity index (χ1) is 16.4. The summed E-state index contributed by atoms with van der Waals surface area (Å²) in [5.74, 6) is 0.485. The van der Waals surface area contributed by atoms with Crippen LogP contribution < -0.4 is 16.0 Å². The number of fused-ring (bicyclic) bond motifs is 3. The molecule has 1 aliphatic rings. The molecule has 34 heavy (non-hydrogen) atoms. The molecular weight excluding hydrogens is 456 g/mol. The van der Waals surface area contributed by atoms with Gasteiger partial charge in [0, 0.05) is 33.6 Å². The number of carbonyl (C=O) groups excluding carboxylic acids is 2. The van der Waals surface area contributed by atoms with Crippen molar-refractivity contribution in [3.05, 3.63) is 76.3 Å². The van der Waals surface area contributed by atoms with Crippen molar-refractivity contribution >= 4 is 46.4 Å². The van der Waals surface area contributed by atoms with Gasteiger partial charge in [-0.05, 0) is 56.3 Å². The van der Waals surface area contributed by atoms with Crippen LogP contribution >= 0.6 is 11.6 Å². The molecule has 2 amide bonds. The second kappa shape index (κ2) is 8.60. The molecule has 2 aromatic carbocycles. The SMILES string of the molecule is Cc1noc(C)c1NC(=O)c1ccc(Nc2ncc3c(n2)-c2ccc(Cl)cc2NC(=O)C3)cc1. The molecule has 0 atom stereocenters. The lowest BCUT2D eigenvalue weighted by molar-refractivity contribution is -0.115. The van der Waals surface area contributed by atoms with E-state index in [2.05, 4.69) is 31.1 Å². The number of anilines is 4. The summed E-state index contributed by atoms with van der Waals surface area (Å²) >= 11 is 6.10. The van der Waals surface area contributed by atoms with Crippen molar-refractivity contribution in [1.82, 2.24) is 15.1 Å². The van der Waals surface area contributed by atoms with Crippen molar-refractivity contribution in [3.63, 3.8) is 0 Å². The Kier molecular flexibility index (Phi) is 5.46. The molecule has 0 saturated carbocycles. The van der Waals surface area contributed by atoms with Crippen molar-refractivity contribution in [2.75, 3.05) is 16.0 Å². The van der Waals surface area contributed by atoms with Gasteiger partial charge in [0.25, 0.3) is 5.91 Å². The van der Waals surface area contributed by atoms with Crippen molar-refractivity contribution in [2.45, 2.75) is 20.3 Å². The minimum atomic E-state index is -0.269. The average Bonchev–Trinajstić information content (AvgIpc) is 3.05. The number of halogens is 1. The first-order valence-electron chi connectivity index (χ1n) is 10.4. The summed E-state index contributed by atoms with van der Waals surface area (Å²) in [5.41, 5.74) is 5.10. The van der Waals surface area contributed by atoms with E-state index in [-0.39, 0.29) is 18.2 Å². The van der Waals surface area contributed by atoms with E-state index >= 15 is 0 Å². The Morgan fingerprint density at radius 2 is 1.94 bits per heavy atom. The molecule has 9 nitrogen and oxygen atoms in total. The molecular formula is C24H19ClN6O3. The summed E-state index contributed by atoms with van der Waals surface area (Å²) in [6.45, 7) is 3.50. The maximum Gasteiger partial charge on any atom is 0.255 e. The Bertz CT molecular complexity index is 1410. The Labute approximate surface area is 199 Å². The fraction of sp³-hybridized carbons (Fsp3) is 0.125. The number of hydrogen-bond acceptors (Lipinski definition) is 7. The molecule has 1 aliphatic heterocycles. The van der Waals surface area contributed by atoms with Gasteiger partial charge < -0.3 is 20.5 Å². The van der Waals surface area contributed by atoms with Gasteiger partial charge in [0.2, 0.25) is 11.9 Å². The van der Waals surface area contributed by atoms with Gasteiger partial charge in [0.15, 0.2) is 5.76 Å². The number of nitrogens with one attached hydrogen (secondary N) is 3. The molecule has 4 aromatic rings. The molecule has 3 N–H and O–H groups in total. The van der Waals surface area contributed by atoms with E-state index in [1.165, 1.54) is 0 Å². The summed E-state index contributed by atoms with van der Waals surface area (Å²) in [4.78, 5) is 33.8. The zero-order valence-corrected chi connectivity index (χ0v) is 19.0. The van der Waals surface area contributed by atoms with Gasteiger partial charge in [-0.2, -0.15) is 0 Å². The Balaban J connectivity index is 1.37. The summed E-state index contributed by atoms with van der Waals surface area (Å²) in [7, 11) is 0. The lowest BCUT2D eigenvalue weighted by Crippen LogP contribution is -2.13. The molecule has 170 valence electrons. The molecule has 0 fully saturated rings. The number of aromatic nitrogens is 3. The Morgan fingerprint density at radius 1 is 1.15 bits per heavy atom. The van der Waals surface area contributed by atoms with Crippen molar-refractivity contribution in [1.29, 1.82) is 0 Å². The molecule has 5 rings (SSSR count). The van der Waals surface area contributed by atoms with Crippen LogP contribution in [0.2, 0.25) is 5.02 Å².